The zero-order chi connectivity index (χ0) is 44.1. The predicted octanol–water partition coefficient (Wildman–Crippen LogP) is 8.18. The van der Waals surface area contributed by atoms with Crippen LogP contribution in [0.4, 0.5) is 8.78 Å². The number of halogens is 2. The summed E-state index contributed by atoms with van der Waals surface area (Å²) in [5.74, 6) is -0.223. The van der Waals surface area contributed by atoms with E-state index in [1.807, 2.05) is 12.1 Å². The van der Waals surface area contributed by atoms with Crippen LogP contribution >= 0.6 is 0 Å². The average Bonchev–Trinajstić information content (AvgIpc) is 3.96. The topological polar surface area (TPSA) is 136 Å². The maximum Gasteiger partial charge on any atom is 0.262 e. The summed E-state index contributed by atoms with van der Waals surface area (Å²) >= 11 is 0. The fourth-order valence-electron chi connectivity index (χ4n) is 11.3. The zero-order valence-corrected chi connectivity index (χ0v) is 36.6. The second-order valence-corrected chi connectivity index (χ2v) is 18.7. The highest BCUT2D eigenvalue weighted by atomic mass is 19.3. The van der Waals surface area contributed by atoms with Gasteiger partial charge in [-0.1, -0.05) is 39.0 Å². The summed E-state index contributed by atoms with van der Waals surface area (Å²) < 4.78 is 21.5. The number of amides is 5. The molecule has 5 amide bonds. The molecule has 2 aromatic carbocycles. The molecule has 0 radical (unpaired) electrons. The van der Waals surface area contributed by atoms with E-state index in [0.29, 0.717) is 53.9 Å². The Balaban J connectivity index is 0.000000956. The Morgan fingerprint density at radius 3 is 2.19 bits per heavy atom. The highest BCUT2D eigenvalue weighted by Crippen LogP contribution is 2.44. The summed E-state index contributed by atoms with van der Waals surface area (Å²) in [6.07, 6.45) is 9.06. The van der Waals surface area contributed by atoms with Crippen molar-refractivity contribution in [3.8, 4) is 0 Å². The summed E-state index contributed by atoms with van der Waals surface area (Å²) in [6.45, 7) is 8.94. The molecule has 3 fully saturated rings. The smallest absolute Gasteiger partial charge is 0.262 e. The van der Waals surface area contributed by atoms with Crippen molar-refractivity contribution in [1.29, 1.82) is 0 Å². The van der Waals surface area contributed by atoms with Crippen molar-refractivity contribution < 1.29 is 32.8 Å². The molecule has 4 aliphatic heterocycles. The number of hydrogen-bond acceptors (Lipinski definition) is 7. The molecule has 2 N–H and O–H groups in total. The fraction of sp³-hybridized carbons (Fsp3) is 0.520. The Kier molecular flexibility index (Phi) is 12.1. The minimum Gasteiger partial charge on any atom is -0.358 e. The van der Waals surface area contributed by atoms with E-state index in [0.717, 1.165) is 86.9 Å². The van der Waals surface area contributed by atoms with E-state index >= 15 is 0 Å². The van der Waals surface area contributed by atoms with Gasteiger partial charge in [0.25, 0.3) is 11.8 Å². The van der Waals surface area contributed by atoms with Gasteiger partial charge in [-0.05, 0) is 122 Å². The van der Waals surface area contributed by atoms with Crippen LogP contribution in [0.1, 0.15) is 157 Å². The van der Waals surface area contributed by atoms with Gasteiger partial charge in [-0.15, -0.1) is 0 Å². The summed E-state index contributed by atoms with van der Waals surface area (Å²) in [7, 11) is 0. The molecular weight excluding hydrogens is 803 g/mol. The molecule has 63 heavy (non-hydrogen) atoms. The highest BCUT2D eigenvalue weighted by Gasteiger charge is 2.46. The number of hydrogen-bond donors (Lipinski definition) is 2. The van der Waals surface area contributed by atoms with Crippen LogP contribution in [0.5, 0.6) is 0 Å². The number of rotatable bonds is 7. The first kappa shape index (κ1) is 43.0. The number of alkyl halides is 2. The van der Waals surface area contributed by atoms with Crippen LogP contribution in [0.3, 0.4) is 0 Å². The number of H-pyrrole nitrogens is 1. The Morgan fingerprint density at radius 1 is 0.889 bits per heavy atom. The normalized spacial score (nSPS) is 25.2. The number of para-hydroxylation sites is 1. The SMILES string of the molecule is CCC(F)F.CCc1cc(C2CCC(C(=O)N3CCC(N4Cc5cc6c(cc5C4)C(=O)N(C4CCC(=O)NC4=O)C6=O)CC3)CC2)ncc1C1C[C@H](C)Cc2c1[nH]c1ccccc21. The van der Waals surface area contributed by atoms with E-state index < -0.39 is 30.2 Å². The van der Waals surface area contributed by atoms with Crippen LogP contribution in [-0.4, -0.2) is 85.8 Å². The number of likely N-dealkylation sites (tertiary alicyclic amines) is 1. The summed E-state index contributed by atoms with van der Waals surface area (Å²) in [5, 5.41) is 3.62. The molecule has 1 saturated carbocycles. The van der Waals surface area contributed by atoms with Crippen molar-refractivity contribution in [3.63, 3.8) is 0 Å². The Bertz CT molecular complexity index is 2400. The molecular formula is C50H58F2N6O5. The summed E-state index contributed by atoms with van der Waals surface area (Å²) in [4.78, 5) is 79.2. The number of aromatic amines is 1. The monoisotopic (exact) mass is 860 g/mol. The number of carbonyl (C=O) groups is 5. The Hall–Kier alpha value is -5.30. The molecule has 11 nitrogen and oxygen atoms in total. The maximum absolute atomic E-state index is 13.9. The third-order valence-corrected chi connectivity index (χ3v) is 14.8. The molecule has 6 heterocycles. The number of nitrogens with one attached hydrogen (secondary N) is 2. The predicted molar refractivity (Wildman–Crippen MR) is 234 cm³/mol. The highest BCUT2D eigenvalue weighted by molar-refractivity contribution is 6.23. The second kappa shape index (κ2) is 17.7. The number of aryl methyl sites for hydroxylation is 1. The number of pyridine rings is 1. The van der Waals surface area contributed by atoms with Crippen molar-refractivity contribution >= 4 is 40.4 Å². The average molecular weight is 861 g/mol. The van der Waals surface area contributed by atoms with Gasteiger partial charge in [0.15, 0.2) is 0 Å². The molecule has 13 heteroatoms. The summed E-state index contributed by atoms with van der Waals surface area (Å²) in [6, 6.07) is 14.1. The van der Waals surface area contributed by atoms with Gasteiger partial charge in [-0.3, -0.25) is 44.1 Å². The molecule has 0 bridgehead atoms. The lowest BCUT2D eigenvalue weighted by atomic mass is 9.75. The minimum atomic E-state index is -2.12. The second-order valence-electron chi connectivity index (χ2n) is 18.7. The first-order chi connectivity index (χ1) is 30.4. The van der Waals surface area contributed by atoms with Gasteiger partial charge in [0.05, 0.1) is 11.1 Å². The third kappa shape index (κ3) is 8.22. The number of piperidine rings is 2. The number of benzene rings is 2. The molecule has 4 aromatic rings. The number of imide groups is 2. The van der Waals surface area contributed by atoms with Crippen molar-refractivity contribution in [2.45, 2.75) is 141 Å². The summed E-state index contributed by atoms with van der Waals surface area (Å²) in [5.41, 5.74) is 10.8. The first-order valence-electron chi connectivity index (χ1n) is 23.2. The van der Waals surface area contributed by atoms with E-state index in [1.165, 1.54) is 45.9 Å². The first-order valence-corrected chi connectivity index (χ1v) is 23.2. The molecule has 3 atom stereocenters. The quantitative estimate of drug-likeness (QED) is 0.179. The van der Waals surface area contributed by atoms with Crippen LogP contribution in [0.15, 0.2) is 48.7 Å². The van der Waals surface area contributed by atoms with Gasteiger partial charge >= 0.3 is 0 Å². The van der Waals surface area contributed by atoms with Crippen LogP contribution < -0.4 is 5.32 Å². The van der Waals surface area contributed by atoms with Gasteiger partial charge in [-0.2, -0.15) is 0 Å². The van der Waals surface area contributed by atoms with Crippen LogP contribution in [0.2, 0.25) is 0 Å². The van der Waals surface area contributed by atoms with Crippen LogP contribution in [0.25, 0.3) is 10.9 Å². The van der Waals surface area contributed by atoms with Gasteiger partial charge in [0.1, 0.15) is 6.04 Å². The number of carbonyl (C=O) groups excluding carboxylic acids is 5. The van der Waals surface area contributed by atoms with Crippen LogP contribution in [-0.2, 0) is 40.3 Å². The van der Waals surface area contributed by atoms with Crippen molar-refractivity contribution in [2.24, 2.45) is 11.8 Å². The molecule has 2 unspecified atom stereocenters. The van der Waals surface area contributed by atoms with Crippen molar-refractivity contribution in [2.75, 3.05) is 13.1 Å². The molecule has 10 rings (SSSR count). The minimum absolute atomic E-state index is 0.0278. The molecule has 2 aromatic heterocycles. The maximum atomic E-state index is 13.9. The molecule has 332 valence electrons. The molecule has 6 aliphatic rings. The fourth-order valence-corrected chi connectivity index (χ4v) is 11.3. The molecule has 2 saturated heterocycles. The van der Waals surface area contributed by atoms with Crippen LogP contribution in [0, 0.1) is 11.8 Å². The van der Waals surface area contributed by atoms with Gasteiger partial charge in [-0.25, -0.2) is 8.78 Å². The molecule has 2 aliphatic carbocycles. The van der Waals surface area contributed by atoms with E-state index in [1.54, 1.807) is 0 Å². The van der Waals surface area contributed by atoms with E-state index in [4.69, 9.17) is 4.98 Å². The van der Waals surface area contributed by atoms with Gasteiger partial charge in [0, 0.05) is 91.3 Å². The van der Waals surface area contributed by atoms with Gasteiger partial charge < -0.3 is 9.88 Å². The lowest BCUT2D eigenvalue weighted by Crippen LogP contribution is -2.54. The van der Waals surface area contributed by atoms with Crippen molar-refractivity contribution in [1.82, 2.24) is 30.0 Å². The largest absolute Gasteiger partial charge is 0.358 e. The zero-order valence-electron chi connectivity index (χ0n) is 36.6. The standard InChI is InChI=1S/C47H52N6O5.C3H6F2/c1-3-27-22-40(48-23-38(27)35-19-26(2)18-34-33-6-4-5-7-39(33)49-43(34)35)28-8-10-29(11-9-28)45(56)51-16-14-32(15-17-51)52-24-30-20-36-37(21-31(30)25-52)47(58)53(46(36)57)41-12-13-42(54)50-44(41)55;1-2-3(4)5/h4-7,20-23,26,28-29,32,35,41,49H,3,8-19,24-25H2,1-2H3,(H,50,54,55);3H,2H2,1H3/t26-,28?,29?,35?,41?;/m1./s1. The van der Waals surface area contributed by atoms with Crippen molar-refractivity contribution in [3.05, 3.63) is 99.0 Å². The van der Waals surface area contributed by atoms with E-state index in [9.17, 15) is 32.8 Å². The van der Waals surface area contributed by atoms with E-state index in [-0.39, 0.29) is 31.1 Å². The third-order valence-electron chi connectivity index (χ3n) is 14.8. The number of nitrogens with zero attached hydrogens (tertiary/aromatic N) is 4. The van der Waals surface area contributed by atoms with Gasteiger partial charge in [0.2, 0.25) is 24.1 Å². The van der Waals surface area contributed by atoms with E-state index in [2.05, 4.69) is 70.5 Å². The lowest BCUT2D eigenvalue weighted by molar-refractivity contribution is -0.138. The number of aromatic nitrogens is 2. The lowest BCUT2D eigenvalue weighted by Gasteiger charge is -2.39. The number of fused-ring (bicyclic) bond motifs is 5. The Labute approximate surface area is 367 Å². The molecule has 0 spiro atoms. The Morgan fingerprint density at radius 2 is 1.56 bits per heavy atom.